The van der Waals surface area contributed by atoms with E-state index in [1.54, 1.807) is 12.1 Å². The molecule has 1 aromatic rings. The molecule has 0 aliphatic heterocycles. The Morgan fingerprint density at radius 3 is 2.62 bits per heavy atom. The second kappa shape index (κ2) is 5.02. The van der Waals surface area contributed by atoms with E-state index in [-0.39, 0.29) is 10.4 Å². The van der Waals surface area contributed by atoms with E-state index in [1.807, 2.05) is 13.8 Å². The summed E-state index contributed by atoms with van der Waals surface area (Å²) in [5.41, 5.74) is 0.478. The standard InChI is InChI=1S/C11H12Cl2FNO/c1-11(2,6-15-10(13)16)7-3-4-9(14)8(12)5-7/h3-5H,6H2,1-2H3,(H,15,16). The summed E-state index contributed by atoms with van der Waals surface area (Å²) < 4.78 is 13.0. The van der Waals surface area contributed by atoms with E-state index >= 15 is 0 Å². The summed E-state index contributed by atoms with van der Waals surface area (Å²) in [6.45, 7) is 4.17. The van der Waals surface area contributed by atoms with Gasteiger partial charge in [-0.2, -0.15) is 0 Å². The first-order valence-electron chi connectivity index (χ1n) is 4.72. The van der Waals surface area contributed by atoms with Gasteiger partial charge in [0.15, 0.2) is 0 Å². The van der Waals surface area contributed by atoms with E-state index in [0.29, 0.717) is 6.54 Å². The van der Waals surface area contributed by atoms with Crippen molar-refractivity contribution in [2.24, 2.45) is 0 Å². The van der Waals surface area contributed by atoms with Crippen LogP contribution >= 0.6 is 23.2 Å². The number of hydrogen-bond donors (Lipinski definition) is 1. The van der Waals surface area contributed by atoms with Gasteiger partial charge in [-0.05, 0) is 29.3 Å². The second-order valence-corrected chi connectivity index (χ2v) is 4.89. The van der Waals surface area contributed by atoms with Gasteiger partial charge in [0, 0.05) is 12.0 Å². The highest BCUT2D eigenvalue weighted by molar-refractivity contribution is 6.62. The van der Waals surface area contributed by atoms with Crippen molar-refractivity contribution in [1.29, 1.82) is 0 Å². The predicted octanol–water partition coefficient (Wildman–Crippen LogP) is 3.71. The molecular formula is C11H12Cl2FNO. The van der Waals surface area contributed by atoms with E-state index in [2.05, 4.69) is 5.32 Å². The van der Waals surface area contributed by atoms with Crippen molar-refractivity contribution >= 4 is 28.6 Å². The third-order valence-electron chi connectivity index (χ3n) is 2.37. The lowest BCUT2D eigenvalue weighted by atomic mass is 9.84. The largest absolute Gasteiger partial charge is 0.342 e. The molecule has 0 aliphatic rings. The van der Waals surface area contributed by atoms with Crippen LogP contribution < -0.4 is 5.32 Å². The van der Waals surface area contributed by atoms with Gasteiger partial charge in [0.25, 0.3) is 0 Å². The van der Waals surface area contributed by atoms with Gasteiger partial charge < -0.3 is 5.32 Å². The lowest BCUT2D eigenvalue weighted by Crippen LogP contribution is -2.34. The minimum Gasteiger partial charge on any atom is -0.342 e. The van der Waals surface area contributed by atoms with E-state index in [9.17, 15) is 9.18 Å². The van der Waals surface area contributed by atoms with Crippen molar-refractivity contribution in [2.75, 3.05) is 6.54 Å². The van der Waals surface area contributed by atoms with Crippen LogP contribution in [0.15, 0.2) is 18.2 Å². The minimum atomic E-state index is -0.610. The van der Waals surface area contributed by atoms with Crippen LogP contribution in [0, 0.1) is 5.82 Å². The Hall–Kier alpha value is -0.800. The number of benzene rings is 1. The molecule has 0 unspecified atom stereocenters. The van der Waals surface area contributed by atoms with Gasteiger partial charge in [-0.1, -0.05) is 31.5 Å². The molecule has 1 rings (SSSR count). The highest BCUT2D eigenvalue weighted by Crippen LogP contribution is 2.26. The van der Waals surface area contributed by atoms with Gasteiger partial charge in [0.1, 0.15) is 5.82 Å². The normalized spacial score (nSPS) is 11.3. The number of nitrogens with one attached hydrogen (secondary N) is 1. The van der Waals surface area contributed by atoms with E-state index < -0.39 is 11.2 Å². The van der Waals surface area contributed by atoms with E-state index in [0.717, 1.165) is 5.56 Å². The molecule has 0 bridgehead atoms. The van der Waals surface area contributed by atoms with Crippen LogP contribution in [0.25, 0.3) is 0 Å². The average molecular weight is 264 g/mol. The fourth-order valence-corrected chi connectivity index (χ4v) is 1.56. The maximum atomic E-state index is 13.0. The van der Waals surface area contributed by atoms with Crippen molar-refractivity contribution in [3.63, 3.8) is 0 Å². The highest BCUT2D eigenvalue weighted by Gasteiger charge is 2.22. The zero-order valence-corrected chi connectivity index (χ0v) is 10.5. The Balaban J connectivity index is 2.88. The zero-order chi connectivity index (χ0) is 12.3. The third kappa shape index (κ3) is 3.35. The Morgan fingerprint density at radius 1 is 1.50 bits per heavy atom. The van der Waals surface area contributed by atoms with Crippen LogP contribution in [0.5, 0.6) is 0 Å². The Bertz CT molecular complexity index is 407. The molecule has 0 aromatic heterocycles. The van der Waals surface area contributed by atoms with Crippen LogP contribution in [0.1, 0.15) is 19.4 Å². The smallest absolute Gasteiger partial charge is 0.313 e. The topological polar surface area (TPSA) is 29.1 Å². The number of hydrogen-bond acceptors (Lipinski definition) is 1. The lowest BCUT2D eigenvalue weighted by molar-refractivity contribution is 0.257. The first-order valence-corrected chi connectivity index (χ1v) is 5.47. The van der Waals surface area contributed by atoms with Crippen LogP contribution in [-0.4, -0.2) is 11.9 Å². The summed E-state index contributed by atoms with van der Waals surface area (Å²) in [4.78, 5) is 10.6. The Kier molecular flexibility index (Phi) is 4.16. The first-order chi connectivity index (χ1) is 7.33. The fraction of sp³-hybridized carbons (Fsp3) is 0.364. The molecule has 1 amide bonds. The summed E-state index contributed by atoms with van der Waals surface area (Å²) in [7, 11) is 0. The highest BCUT2D eigenvalue weighted by atomic mass is 35.5. The lowest BCUT2D eigenvalue weighted by Gasteiger charge is -2.25. The first kappa shape index (κ1) is 13.3. The Morgan fingerprint density at radius 2 is 2.12 bits per heavy atom. The molecule has 0 saturated carbocycles. The number of carbonyl (C=O) groups is 1. The van der Waals surface area contributed by atoms with Crippen molar-refractivity contribution < 1.29 is 9.18 Å². The maximum absolute atomic E-state index is 13.0. The predicted molar refractivity (Wildman–Crippen MR) is 63.7 cm³/mol. The van der Waals surface area contributed by atoms with Gasteiger partial charge >= 0.3 is 5.37 Å². The molecule has 1 N–H and O–H groups in total. The number of amides is 1. The summed E-state index contributed by atoms with van der Waals surface area (Å²) in [5, 5.41) is 1.97. The third-order valence-corrected chi connectivity index (χ3v) is 2.79. The second-order valence-electron chi connectivity index (χ2n) is 4.14. The molecule has 0 aliphatic carbocycles. The van der Waals surface area contributed by atoms with Crippen LogP contribution in [-0.2, 0) is 5.41 Å². The molecule has 88 valence electrons. The summed E-state index contributed by atoms with van der Waals surface area (Å²) in [6, 6.07) is 4.50. The van der Waals surface area contributed by atoms with E-state index in [1.165, 1.54) is 6.07 Å². The van der Waals surface area contributed by atoms with Gasteiger partial charge in [-0.15, -0.1) is 0 Å². The molecule has 0 radical (unpaired) electrons. The van der Waals surface area contributed by atoms with Crippen LogP contribution in [0.3, 0.4) is 0 Å². The number of rotatable bonds is 3. The van der Waals surface area contributed by atoms with Gasteiger partial charge in [-0.3, -0.25) is 4.79 Å². The molecule has 0 fully saturated rings. The average Bonchev–Trinajstić information content (AvgIpc) is 2.19. The maximum Gasteiger partial charge on any atom is 0.313 e. The number of halogens is 3. The molecule has 16 heavy (non-hydrogen) atoms. The van der Waals surface area contributed by atoms with Crippen LogP contribution in [0.4, 0.5) is 9.18 Å². The zero-order valence-electron chi connectivity index (χ0n) is 8.98. The molecule has 0 atom stereocenters. The van der Waals surface area contributed by atoms with Gasteiger partial charge in [0.2, 0.25) is 0 Å². The molecule has 1 aromatic carbocycles. The SMILES string of the molecule is CC(C)(CNC(=O)Cl)c1ccc(F)c(Cl)c1. The molecule has 5 heteroatoms. The summed E-state index contributed by atoms with van der Waals surface area (Å²) in [6.07, 6.45) is 0. The Labute approximate surface area is 104 Å². The summed E-state index contributed by atoms with van der Waals surface area (Å²) in [5.74, 6) is -0.456. The van der Waals surface area contributed by atoms with Crippen molar-refractivity contribution in [3.05, 3.63) is 34.6 Å². The molecule has 0 heterocycles. The molecular weight excluding hydrogens is 252 g/mol. The van der Waals surface area contributed by atoms with Crippen molar-refractivity contribution in [3.8, 4) is 0 Å². The molecule has 0 saturated heterocycles. The van der Waals surface area contributed by atoms with Gasteiger partial charge in [-0.25, -0.2) is 4.39 Å². The van der Waals surface area contributed by atoms with Crippen LogP contribution in [0.2, 0.25) is 5.02 Å². The monoisotopic (exact) mass is 263 g/mol. The molecule has 0 spiro atoms. The fourth-order valence-electron chi connectivity index (χ4n) is 1.31. The van der Waals surface area contributed by atoms with E-state index in [4.69, 9.17) is 23.2 Å². The van der Waals surface area contributed by atoms with Crippen molar-refractivity contribution in [1.82, 2.24) is 5.32 Å². The number of carbonyl (C=O) groups excluding carboxylic acids is 1. The van der Waals surface area contributed by atoms with Gasteiger partial charge in [0.05, 0.1) is 5.02 Å². The minimum absolute atomic E-state index is 0.0720. The quantitative estimate of drug-likeness (QED) is 0.654. The van der Waals surface area contributed by atoms with Crippen molar-refractivity contribution in [2.45, 2.75) is 19.3 Å². The summed E-state index contributed by atoms with van der Waals surface area (Å²) >= 11 is 10.9. The molecule has 2 nitrogen and oxygen atoms in total.